The Balaban J connectivity index is 1.56. The Morgan fingerprint density at radius 2 is 1.77 bits per heavy atom. The Labute approximate surface area is 141 Å². The molecule has 0 bridgehead atoms. The Kier molecular flexibility index (Phi) is 4.75. The van der Waals surface area contributed by atoms with Crippen LogP contribution >= 0.6 is 27.3 Å². The summed E-state index contributed by atoms with van der Waals surface area (Å²) in [5.74, 6) is 0. The fraction of sp³-hybridized carbons (Fsp3) is 0.333. The second kappa shape index (κ2) is 6.76. The van der Waals surface area contributed by atoms with Crippen LogP contribution in [0.2, 0.25) is 0 Å². The quantitative estimate of drug-likeness (QED) is 0.597. The molecule has 2 aromatic rings. The molecule has 7 heteroatoms. The molecule has 0 unspecified atom stereocenters. The van der Waals surface area contributed by atoms with Crippen LogP contribution in [0.3, 0.4) is 0 Å². The molecule has 1 saturated heterocycles. The minimum Gasteiger partial charge on any atom is -0.369 e. The van der Waals surface area contributed by atoms with Crippen LogP contribution in [0.4, 0.5) is 11.4 Å². The largest absolute Gasteiger partial charge is 0.369 e. The molecule has 0 spiro atoms. The number of nitrogens with zero attached hydrogens (tertiary/aromatic N) is 3. The summed E-state index contributed by atoms with van der Waals surface area (Å²) in [5, 5.41) is 10.7. The molecule has 0 radical (unpaired) electrons. The molecule has 1 fully saturated rings. The predicted octanol–water partition coefficient (Wildman–Crippen LogP) is 3.74. The first-order valence-electron chi connectivity index (χ1n) is 7.08. The van der Waals surface area contributed by atoms with Crippen molar-refractivity contribution in [1.29, 1.82) is 0 Å². The number of halogens is 1. The number of benzene rings is 1. The number of thiophene rings is 1. The van der Waals surface area contributed by atoms with Gasteiger partial charge in [-0.2, -0.15) is 0 Å². The van der Waals surface area contributed by atoms with E-state index in [1.165, 1.54) is 8.66 Å². The van der Waals surface area contributed by atoms with E-state index in [0.717, 1.165) is 38.4 Å². The highest BCUT2D eigenvalue weighted by Gasteiger charge is 2.18. The summed E-state index contributed by atoms with van der Waals surface area (Å²) in [6.45, 7) is 4.90. The fourth-order valence-electron chi connectivity index (χ4n) is 2.61. The summed E-state index contributed by atoms with van der Waals surface area (Å²) in [5.41, 5.74) is 1.20. The van der Waals surface area contributed by atoms with Gasteiger partial charge >= 0.3 is 0 Å². The van der Waals surface area contributed by atoms with Crippen molar-refractivity contribution in [2.24, 2.45) is 0 Å². The van der Waals surface area contributed by atoms with Crippen molar-refractivity contribution >= 4 is 38.6 Å². The van der Waals surface area contributed by atoms with Crippen LogP contribution in [0.1, 0.15) is 4.88 Å². The van der Waals surface area contributed by atoms with Gasteiger partial charge in [-0.3, -0.25) is 15.0 Å². The van der Waals surface area contributed by atoms with Crippen molar-refractivity contribution in [1.82, 2.24) is 4.90 Å². The minimum atomic E-state index is -0.360. The van der Waals surface area contributed by atoms with Crippen LogP contribution in [0.15, 0.2) is 40.2 Å². The molecule has 22 heavy (non-hydrogen) atoms. The van der Waals surface area contributed by atoms with Gasteiger partial charge < -0.3 is 4.90 Å². The van der Waals surface area contributed by atoms with Gasteiger partial charge in [0.25, 0.3) is 5.69 Å². The SMILES string of the molecule is O=[N+]([O-])c1ccc(N2CCN(Cc3ccc(Br)s3)CC2)cc1. The van der Waals surface area contributed by atoms with E-state index in [2.05, 4.69) is 37.9 Å². The molecule has 0 saturated carbocycles. The molecule has 116 valence electrons. The molecular weight excluding hydrogens is 366 g/mol. The normalized spacial score (nSPS) is 16.0. The van der Waals surface area contributed by atoms with Crippen LogP contribution < -0.4 is 4.90 Å². The fourth-order valence-corrected chi connectivity index (χ4v) is 4.13. The lowest BCUT2D eigenvalue weighted by Gasteiger charge is -2.35. The van der Waals surface area contributed by atoms with E-state index in [1.54, 1.807) is 23.5 Å². The lowest BCUT2D eigenvalue weighted by Crippen LogP contribution is -2.45. The number of hydrogen-bond donors (Lipinski definition) is 0. The van der Waals surface area contributed by atoms with Crippen molar-refractivity contribution < 1.29 is 4.92 Å². The highest BCUT2D eigenvalue weighted by atomic mass is 79.9. The lowest BCUT2D eigenvalue weighted by atomic mass is 10.2. The van der Waals surface area contributed by atoms with Gasteiger partial charge in [0.1, 0.15) is 0 Å². The molecule has 0 N–H and O–H groups in total. The van der Waals surface area contributed by atoms with Crippen molar-refractivity contribution in [2.75, 3.05) is 31.1 Å². The van der Waals surface area contributed by atoms with E-state index in [4.69, 9.17) is 0 Å². The zero-order valence-corrected chi connectivity index (χ0v) is 14.3. The summed E-state index contributed by atoms with van der Waals surface area (Å²) in [7, 11) is 0. The van der Waals surface area contributed by atoms with Crippen molar-refractivity contribution in [3.8, 4) is 0 Å². The average molecular weight is 382 g/mol. The molecule has 5 nitrogen and oxygen atoms in total. The Morgan fingerprint density at radius 1 is 1.09 bits per heavy atom. The maximum Gasteiger partial charge on any atom is 0.269 e. The third kappa shape index (κ3) is 3.66. The van der Waals surface area contributed by atoms with Gasteiger partial charge in [-0.25, -0.2) is 0 Å². The number of anilines is 1. The van der Waals surface area contributed by atoms with Crippen molar-refractivity contribution in [3.63, 3.8) is 0 Å². The molecule has 3 rings (SSSR count). The summed E-state index contributed by atoms with van der Waals surface area (Å²) in [4.78, 5) is 16.4. The molecule has 1 aliphatic heterocycles. The Bertz CT molecular complexity index is 651. The molecular formula is C15H16BrN3O2S. The van der Waals surface area contributed by atoms with Gasteiger partial charge in [0.15, 0.2) is 0 Å². The van der Waals surface area contributed by atoms with Crippen molar-refractivity contribution in [2.45, 2.75) is 6.54 Å². The van der Waals surface area contributed by atoms with Crippen LogP contribution in [0, 0.1) is 10.1 Å². The first kappa shape index (κ1) is 15.5. The highest BCUT2D eigenvalue weighted by molar-refractivity contribution is 9.11. The Hall–Kier alpha value is -1.44. The summed E-state index contributed by atoms with van der Waals surface area (Å²) < 4.78 is 1.17. The topological polar surface area (TPSA) is 49.6 Å². The molecule has 1 aromatic heterocycles. The molecule has 1 aromatic carbocycles. The van der Waals surface area contributed by atoms with E-state index in [-0.39, 0.29) is 10.6 Å². The second-order valence-electron chi connectivity index (χ2n) is 5.24. The van der Waals surface area contributed by atoms with E-state index in [1.807, 2.05) is 12.1 Å². The molecule has 2 heterocycles. The Morgan fingerprint density at radius 3 is 2.32 bits per heavy atom. The predicted molar refractivity (Wildman–Crippen MR) is 92.6 cm³/mol. The molecule has 1 aliphatic rings. The maximum atomic E-state index is 10.7. The van der Waals surface area contributed by atoms with E-state index in [0.29, 0.717) is 0 Å². The minimum absolute atomic E-state index is 0.144. The van der Waals surface area contributed by atoms with Gasteiger partial charge in [-0.15, -0.1) is 11.3 Å². The molecule has 0 aliphatic carbocycles. The average Bonchev–Trinajstić information content (AvgIpc) is 2.93. The maximum absolute atomic E-state index is 10.7. The number of nitro groups is 1. The third-order valence-corrected chi connectivity index (χ3v) is 5.41. The van der Waals surface area contributed by atoms with E-state index in [9.17, 15) is 10.1 Å². The second-order valence-corrected chi connectivity index (χ2v) is 7.79. The number of nitro benzene ring substituents is 1. The highest BCUT2D eigenvalue weighted by Crippen LogP contribution is 2.25. The monoisotopic (exact) mass is 381 g/mol. The zero-order valence-electron chi connectivity index (χ0n) is 11.9. The van der Waals surface area contributed by atoms with Crippen LogP contribution in [-0.4, -0.2) is 36.0 Å². The summed E-state index contributed by atoms with van der Waals surface area (Å²) in [6.07, 6.45) is 0. The smallest absolute Gasteiger partial charge is 0.269 e. The van der Waals surface area contributed by atoms with Gasteiger partial charge in [0, 0.05) is 55.4 Å². The molecule has 0 atom stereocenters. The number of non-ortho nitro benzene ring substituents is 1. The lowest BCUT2D eigenvalue weighted by molar-refractivity contribution is -0.384. The van der Waals surface area contributed by atoms with Crippen LogP contribution in [0.25, 0.3) is 0 Å². The number of rotatable bonds is 4. The first-order chi connectivity index (χ1) is 10.6. The van der Waals surface area contributed by atoms with Crippen molar-refractivity contribution in [3.05, 3.63) is 55.2 Å². The number of hydrogen-bond acceptors (Lipinski definition) is 5. The van der Waals surface area contributed by atoms with Crippen LogP contribution in [0.5, 0.6) is 0 Å². The van der Waals surface area contributed by atoms with Gasteiger partial charge in [0.05, 0.1) is 8.71 Å². The third-order valence-electron chi connectivity index (χ3n) is 3.81. The molecule has 0 amide bonds. The van der Waals surface area contributed by atoms with Gasteiger partial charge in [0.2, 0.25) is 0 Å². The standard InChI is InChI=1S/C15H16BrN3O2S/c16-15-6-5-14(22-15)11-17-7-9-18(10-8-17)12-1-3-13(4-2-12)19(20)21/h1-6H,7-11H2. The zero-order chi connectivity index (χ0) is 15.5. The number of piperazine rings is 1. The van der Waals surface area contributed by atoms with Gasteiger partial charge in [-0.05, 0) is 40.2 Å². The first-order valence-corrected chi connectivity index (χ1v) is 8.69. The van der Waals surface area contributed by atoms with Crippen LogP contribution in [-0.2, 0) is 6.54 Å². The van der Waals surface area contributed by atoms with E-state index < -0.39 is 0 Å². The van der Waals surface area contributed by atoms with Gasteiger partial charge in [-0.1, -0.05) is 0 Å². The van der Waals surface area contributed by atoms with E-state index >= 15 is 0 Å². The summed E-state index contributed by atoms with van der Waals surface area (Å²) in [6, 6.07) is 11.1. The summed E-state index contributed by atoms with van der Waals surface area (Å²) >= 11 is 5.28.